The fraction of sp³-hybridized carbons (Fsp3) is 0.345. The summed E-state index contributed by atoms with van der Waals surface area (Å²) in [6, 6.07) is 15.2. The van der Waals surface area contributed by atoms with Crippen LogP contribution in [0.3, 0.4) is 0 Å². The number of carbonyl (C=O) groups is 4. The first kappa shape index (κ1) is 29.3. The zero-order valence-corrected chi connectivity index (χ0v) is 22.7. The molecule has 1 fully saturated rings. The molecule has 1 aliphatic heterocycles. The van der Waals surface area contributed by atoms with Crippen molar-refractivity contribution in [3.8, 4) is 17.1 Å². The van der Waals surface area contributed by atoms with Crippen molar-refractivity contribution in [1.82, 2.24) is 0 Å². The molecule has 5 atom stereocenters. The molecule has 12 heteroatoms. The normalized spacial score (nSPS) is 21.9. The van der Waals surface area contributed by atoms with E-state index in [4.69, 9.17) is 32.8 Å². The Kier molecular flexibility index (Phi) is 9.03. The molecule has 216 valence electrons. The molecule has 12 nitrogen and oxygen atoms in total. The van der Waals surface area contributed by atoms with Crippen LogP contribution in [0.15, 0.2) is 63.8 Å². The average molecular weight is 569 g/mol. The Bertz CT molecular complexity index is 1510. The van der Waals surface area contributed by atoms with Crippen LogP contribution in [0.2, 0.25) is 0 Å². The van der Waals surface area contributed by atoms with Gasteiger partial charge < -0.3 is 32.8 Å². The predicted octanol–water partition coefficient (Wildman–Crippen LogP) is 2.92. The number of hydrogen-bond donors (Lipinski definition) is 0. The molecule has 4 rings (SSSR count). The molecule has 0 saturated carbocycles. The number of rotatable bonds is 8. The maximum atomic E-state index is 12.5. The summed E-state index contributed by atoms with van der Waals surface area (Å²) < 4.78 is 38.9. The molecule has 0 unspecified atom stereocenters. The van der Waals surface area contributed by atoms with Crippen LogP contribution in [0.25, 0.3) is 22.1 Å². The highest BCUT2D eigenvalue weighted by atomic mass is 16.7. The molecule has 2 aromatic carbocycles. The maximum Gasteiger partial charge on any atom is 0.344 e. The van der Waals surface area contributed by atoms with Gasteiger partial charge in [0, 0.05) is 33.3 Å². The van der Waals surface area contributed by atoms with Gasteiger partial charge in [-0.25, -0.2) is 4.79 Å². The Labute approximate surface area is 234 Å². The van der Waals surface area contributed by atoms with Gasteiger partial charge in [0.25, 0.3) is 0 Å². The minimum atomic E-state index is -1.41. The van der Waals surface area contributed by atoms with E-state index in [-0.39, 0.29) is 18.1 Å². The van der Waals surface area contributed by atoms with Crippen molar-refractivity contribution in [3.05, 3.63) is 65.0 Å². The lowest BCUT2D eigenvalue weighted by atomic mass is 9.98. The zero-order valence-electron chi connectivity index (χ0n) is 22.7. The third kappa shape index (κ3) is 7.28. The molecule has 0 bridgehead atoms. The van der Waals surface area contributed by atoms with Crippen LogP contribution in [-0.4, -0.2) is 61.2 Å². The Hall–Kier alpha value is -4.71. The van der Waals surface area contributed by atoms with Gasteiger partial charge in [-0.2, -0.15) is 0 Å². The van der Waals surface area contributed by atoms with Crippen molar-refractivity contribution in [2.45, 2.75) is 58.4 Å². The monoisotopic (exact) mass is 568 g/mol. The van der Waals surface area contributed by atoms with Crippen LogP contribution in [0.1, 0.15) is 27.7 Å². The van der Waals surface area contributed by atoms with Crippen molar-refractivity contribution in [1.29, 1.82) is 0 Å². The summed E-state index contributed by atoms with van der Waals surface area (Å²) in [5.74, 6) is -2.40. The summed E-state index contributed by atoms with van der Waals surface area (Å²) >= 11 is 0. The Morgan fingerprint density at radius 2 is 1.41 bits per heavy atom. The van der Waals surface area contributed by atoms with Crippen LogP contribution in [-0.2, 0) is 42.9 Å². The lowest BCUT2D eigenvalue weighted by Gasteiger charge is -2.43. The minimum Gasteiger partial charge on any atom is -0.463 e. The van der Waals surface area contributed by atoms with Gasteiger partial charge in [0.2, 0.25) is 12.4 Å². The molecule has 2 heterocycles. The van der Waals surface area contributed by atoms with E-state index in [0.29, 0.717) is 16.3 Å². The standard InChI is InChI=1S/C29H28O12/c1-15(30)35-14-24-25(36-16(2)31)26(37-17(3)32)27(38-18(4)33)29(41-24)39-21-10-7-9-20(12-21)23-13-19-8-5-6-11-22(19)28(34)40-23/h5-13,24-27,29H,14H2,1-4H3/t24-,25-,26+,27-,29+/m0/s1. The minimum absolute atomic E-state index is 0.208. The van der Waals surface area contributed by atoms with Gasteiger partial charge in [0.05, 0.1) is 5.39 Å². The average Bonchev–Trinajstić information content (AvgIpc) is 2.90. The highest BCUT2D eigenvalue weighted by molar-refractivity contribution is 5.84. The second-order valence-electron chi connectivity index (χ2n) is 9.20. The summed E-state index contributed by atoms with van der Waals surface area (Å²) in [5.41, 5.74) is -0.0139. The van der Waals surface area contributed by atoms with E-state index >= 15 is 0 Å². The Morgan fingerprint density at radius 3 is 2.10 bits per heavy atom. The van der Waals surface area contributed by atoms with Gasteiger partial charge in [-0.05, 0) is 29.7 Å². The Balaban J connectivity index is 1.70. The smallest absolute Gasteiger partial charge is 0.344 e. The Morgan fingerprint density at radius 1 is 0.756 bits per heavy atom. The number of fused-ring (bicyclic) bond motifs is 1. The number of benzene rings is 2. The first-order chi connectivity index (χ1) is 19.5. The highest BCUT2D eigenvalue weighted by Crippen LogP contribution is 2.32. The van der Waals surface area contributed by atoms with E-state index < -0.39 is 60.2 Å². The van der Waals surface area contributed by atoms with Gasteiger partial charge in [0.15, 0.2) is 12.2 Å². The molecule has 1 aliphatic rings. The first-order valence-electron chi connectivity index (χ1n) is 12.6. The summed E-state index contributed by atoms with van der Waals surface area (Å²) in [6.45, 7) is 4.19. The number of esters is 4. The lowest BCUT2D eigenvalue weighted by molar-refractivity contribution is -0.288. The van der Waals surface area contributed by atoms with Gasteiger partial charge in [-0.15, -0.1) is 0 Å². The molecule has 0 radical (unpaired) electrons. The third-order valence-corrected chi connectivity index (χ3v) is 5.99. The van der Waals surface area contributed by atoms with Crippen LogP contribution in [0.5, 0.6) is 5.75 Å². The predicted molar refractivity (Wildman–Crippen MR) is 141 cm³/mol. The quantitative estimate of drug-likeness (QED) is 0.290. The van der Waals surface area contributed by atoms with Crippen LogP contribution in [0.4, 0.5) is 0 Å². The topological polar surface area (TPSA) is 154 Å². The van der Waals surface area contributed by atoms with E-state index in [2.05, 4.69) is 0 Å². The van der Waals surface area contributed by atoms with Crippen LogP contribution in [0, 0.1) is 0 Å². The SMILES string of the molecule is CC(=O)OC[C@@H]1O[C@@H](Oc2cccc(-c3cc4ccccc4c(=O)o3)c2)[C@@H](OC(C)=O)[C@H](OC(C)=O)[C@H]1OC(C)=O. The van der Waals surface area contributed by atoms with Crippen LogP contribution >= 0.6 is 0 Å². The van der Waals surface area contributed by atoms with Gasteiger partial charge in [0.1, 0.15) is 24.2 Å². The summed E-state index contributed by atoms with van der Waals surface area (Å²) in [7, 11) is 0. The van der Waals surface area contributed by atoms with E-state index in [1.54, 1.807) is 54.6 Å². The third-order valence-electron chi connectivity index (χ3n) is 5.99. The van der Waals surface area contributed by atoms with Crippen LogP contribution < -0.4 is 10.4 Å². The molecule has 0 spiro atoms. The van der Waals surface area contributed by atoms with E-state index in [9.17, 15) is 24.0 Å². The zero-order chi connectivity index (χ0) is 29.7. The number of ether oxygens (including phenoxy) is 6. The van der Waals surface area contributed by atoms with E-state index in [0.717, 1.165) is 20.8 Å². The summed E-state index contributed by atoms with van der Waals surface area (Å²) in [5, 5.41) is 1.12. The highest BCUT2D eigenvalue weighted by Gasteiger charge is 2.53. The van der Waals surface area contributed by atoms with Gasteiger partial charge >= 0.3 is 29.5 Å². The van der Waals surface area contributed by atoms with Crippen molar-refractivity contribution < 1.29 is 52.0 Å². The van der Waals surface area contributed by atoms with E-state index in [1.807, 2.05) is 0 Å². The first-order valence-corrected chi connectivity index (χ1v) is 12.6. The molecule has 0 aliphatic carbocycles. The van der Waals surface area contributed by atoms with E-state index in [1.165, 1.54) is 6.92 Å². The molecule has 1 saturated heterocycles. The molecule has 0 amide bonds. The van der Waals surface area contributed by atoms with Crippen molar-refractivity contribution in [2.75, 3.05) is 6.61 Å². The van der Waals surface area contributed by atoms with Crippen molar-refractivity contribution in [2.24, 2.45) is 0 Å². The lowest BCUT2D eigenvalue weighted by Crippen LogP contribution is -2.63. The molecular weight excluding hydrogens is 540 g/mol. The number of hydrogen-bond acceptors (Lipinski definition) is 12. The van der Waals surface area contributed by atoms with Crippen molar-refractivity contribution in [3.63, 3.8) is 0 Å². The number of carbonyl (C=O) groups excluding carboxylic acids is 4. The molecule has 41 heavy (non-hydrogen) atoms. The second-order valence-corrected chi connectivity index (χ2v) is 9.20. The fourth-order valence-electron chi connectivity index (χ4n) is 4.42. The van der Waals surface area contributed by atoms with Gasteiger partial charge in [-0.3, -0.25) is 19.2 Å². The van der Waals surface area contributed by atoms with Crippen molar-refractivity contribution >= 4 is 34.6 Å². The largest absolute Gasteiger partial charge is 0.463 e. The summed E-state index contributed by atoms with van der Waals surface area (Å²) in [4.78, 5) is 60.0. The fourth-order valence-corrected chi connectivity index (χ4v) is 4.42. The molecular formula is C29H28O12. The molecule has 0 N–H and O–H groups in total. The second kappa shape index (κ2) is 12.6. The maximum absolute atomic E-state index is 12.5. The summed E-state index contributed by atoms with van der Waals surface area (Å²) in [6.07, 6.45) is -6.64. The molecule has 1 aromatic heterocycles. The van der Waals surface area contributed by atoms with Gasteiger partial charge in [-0.1, -0.05) is 30.3 Å². The molecule has 3 aromatic rings.